The van der Waals surface area contributed by atoms with E-state index in [0.29, 0.717) is 18.5 Å². The van der Waals surface area contributed by atoms with Gasteiger partial charge >= 0.3 is 0 Å². The zero-order valence-electron chi connectivity index (χ0n) is 10.8. The predicted molar refractivity (Wildman–Crippen MR) is 68.5 cm³/mol. The molecule has 0 aromatic carbocycles. The highest BCUT2D eigenvalue weighted by molar-refractivity contribution is 5.79. The van der Waals surface area contributed by atoms with E-state index in [1.54, 1.807) is 0 Å². The molecule has 1 amide bonds. The van der Waals surface area contributed by atoms with Gasteiger partial charge in [0.15, 0.2) is 0 Å². The summed E-state index contributed by atoms with van der Waals surface area (Å²) in [5.74, 6) is 0.937. The molecule has 0 bridgehead atoms. The average molecular weight is 239 g/mol. The van der Waals surface area contributed by atoms with Crippen LogP contribution in [-0.2, 0) is 4.79 Å². The van der Waals surface area contributed by atoms with Gasteiger partial charge in [-0.3, -0.25) is 4.79 Å². The second-order valence-corrected chi connectivity index (χ2v) is 5.64. The Labute approximate surface area is 104 Å². The summed E-state index contributed by atoms with van der Waals surface area (Å²) in [6.07, 6.45) is 5.77. The van der Waals surface area contributed by atoms with Crippen molar-refractivity contribution in [3.05, 3.63) is 0 Å². The Morgan fingerprint density at radius 2 is 2.12 bits per heavy atom. The van der Waals surface area contributed by atoms with E-state index in [4.69, 9.17) is 5.73 Å². The molecule has 98 valence electrons. The van der Waals surface area contributed by atoms with Gasteiger partial charge in [-0.15, -0.1) is 0 Å². The molecule has 0 radical (unpaired) electrons. The molecule has 2 aliphatic rings. The lowest BCUT2D eigenvalue weighted by Crippen LogP contribution is -2.47. The standard InChI is InChI=1S/C13H25N3O/c1-16-7-6-11(9-16)13(17)15-12-5-3-2-4-10(12)8-14/h10-12H,2-9,14H2,1H3,(H,15,17). The van der Waals surface area contributed by atoms with Gasteiger partial charge in [0.1, 0.15) is 0 Å². The highest BCUT2D eigenvalue weighted by Crippen LogP contribution is 2.24. The minimum Gasteiger partial charge on any atom is -0.353 e. The van der Waals surface area contributed by atoms with Crippen LogP contribution < -0.4 is 11.1 Å². The Morgan fingerprint density at radius 1 is 1.35 bits per heavy atom. The maximum absolute atomic E-state index is 12.1. The van der Waals surface area contributed by atoms with Crippen LogP contribution in [0.25, 0.3) is 0 Å². The third kappa shape index (κ3) is 3.19. The Morgan fingerprint density at radius 3 is 2.76 bits per heavy atom. The van der Waals surface area contributed by atoms with Gasteiger partial charge in [-0.25, -0.2) is 0 Å². The van der Waals surface area contributed by atoms with E-state index in [2.05, 4.69) is 17.3 Å². The molecular formula is C13H25N3O. The first-order valence-corrected chi connectivity index (χ1v) is 6.89. The fraction of sp³-hybridized carbons (Fsp3) is 0.923. The Hall–Kier alpha value is -0.610. The van der Waals surface area contributed by atoms with Crippen molar-refractivity contribution >= 4 is 5.91 Å². The van der Waals surface area contributed by atoms with Gasteiger partial charge in [0.25, 0.3) is 0 Å². The normalized spacial score (nSPS) is 34.8. The summed E-state index contributed by atoms with van der Waals surface area (Å²) in [7, 11) is 2.08. The molecule has 1 heterocycles. The summed E-state index contributed by atoms with van der Waals surface area (Å²) >= 11 is 0. The van der Waals surface area contributed by atoms with Gasteiger partial charge in [0.2, 0.25) is 5.91 Å². The van der Waals surface area contributed by atoms with E-state index in [-0.39, 0.29) is 11.8 Å². The first-order valence-electron chi connectivity index (χ1n) is 6.89. The largest absolute Gasteiger partial charge is 0.353 e. The van der Waals surface area contributed by atoms with Gasteiger partial charge in [-0.1, -0.05) is 12.8 Å². The van der Waals surface area contributed by atoms with E-state index in [1.807, 2.05) is 0 Å². The molecule has 17 heavy (non-hydrogen) atoms. The number of rotatable bonds is 3. The van der Waals surface area contributed by atoms with Gasteiger partial charge in [0.05, 0.1) is 5.92 Å². The Bertz CT molecular complexity index is 269. The molecular weight excluding hydrogens is 214 g/mol. The minimum absolute atomic E-state index is 0.195. The highest BCUT2D eigenvalue weighted by atomic mass is 16.2. The molecule has 0 aromatic heterocycles. The zero-order valence-corrected chi connectivity index (χ0v) is 10.8. The molecule has 1 saturated heterocycles. The summed E-state index contributed by atoms with van der Waals surface area (Å²) in [5, 5.41) is 3.24. The number of nitrogens with zero attached hydrogens (tertiary/aromatic N) is 1. The van der Waals surface area contributed by atoms with Crippen molar-refractivity contribution in [1.29, 1.82) is 0 Å². The minimum atomic E-state index is 0.195. The molecule has 1 aliphatic heterocycles. The number of carbonyl (C=O) groups is 1. The van der Waals surface area contributed by atoms with Gasteiger partial charge in [-0.2, -0.15) is 0 Å². The zero-order chi connectivity index (χ0) is 12.3. The summed E-state index contributed by atoms with van der Waals surface area (Å²) in [6.45, 7) is 2.66. The lowest BCUT2D eigenvalue weighted by atomic mass is 9.84. The van der Waals surface area contributed by atoms with Crippen LogP contribution in [0.4, 0.5) is 0 Å². The van der Waals surface area contributed by atoms with Crippen LogP contribution in [0.3, 0.4) is 0 Å². The van der Waals surface area contributed by atoms with Crippen LogP contribution in [0.5, 0.6) is 0 Å². The molecule has 3 atom stereocenters. The van der Waals surface area contributed by atoms with Crippen LogP contribution in [0, 0.1) is 11.8 Å². The van der Waals surface area contributed by atoms with Crippen LogP contribution in [-0.4, -0.2) is 43.5 Å². The Balaban J connectivity index is 1.84. The molecule has 4 heteroatoms. The monoisotopic (exact) mass is 239 g/mol. The topological polar surface area (TPSA) is 58.4 Å². The number of hydrogen-bond donors (Lipinski definition) is 2. The molecule has 3 unspecified atom stereocenters. The van der Waals surface area contributed by atoms with Crippen molar-refractivity contribution in [3.8, 4) is 0 Å². The molecule has 4 nitrogen and oxygen atoms in total. The fourth-order valence-electron chi connectivity index (χ4n) is 3.13. The van der Waals surface area contributed by atoms with Crippen LogP contribution >= 0.6 is 0 Å². The third-order valence-corrected chi connectivity index (χ3v) is 4.30. The van der Waals surface area contributed by atoms with Gasteiger partial charge < -0.3 is 16.0 Å². The number of carbonyl (C=O) groups excluding carboxylic acids is 1. The van der Waals surface area contributed by atoms with Crippen molar-refractivity contribution in [3.63, 3.8) is 0 Å². The number of hydrogen-bond acceptors (Lipinski definition) is 3. The van der Waals surface area contributed by atoms with E-state index in [9.17, 15) is 4.79 Å². The van der Waals surface area contributed by atoms with E-state index >= 15 is 0 Å². The molecule has 1 aliphatic carbocycles. The molecule has 0 spiro atoms. The van der Waals surface area contributed by atoms with Gasteiger partial charge in [-0.05, 0) is 45.3 Å². The Kier molecular flexibility index (Phi) is 4.40. The fourth-order valence-corrected chi connectivity index (χ4v) is 3.13. The predicted octanol–water partition coefficient (Wildman–Crippen LogP) is 0.572. The summed E-state index contributed by atoms with van der Waals surface area (Å²) in [6, 6.07) is 0.326. The smallest absolute Gasteiger partial charge is 0.224 e. The maximum atomic E-state index is 12.1. The molecule has 0 aromatic rings. The van der Waals surface area contributed by atoms with Crippen LogP contribution in [0.1, 0.15) is 32.1 Å². The number of likely N-dealkylation sites (tertiary alicyclic amines) is 1. The van der Waals surface area contributed by atoms with E-state index in [1.165, 1.54) is 19.3 Å². The van der Waals surface area contributed by atoms with Crippen molar-refractivity contribution in [2.24, 2.45) is 17.6 Å². The molecule has 1 saturated carbocycles. The maximum Gasteiger partial charge on any atom is 0.224 e. The van der Waals surface area contributed by atoms with Crippen molar-refractivity contribution in [2.45, 2.75) is 38.1 Å². The van der Waals surface area contributed by atoms with Crippen LogP contribution in [0.2, 0.25) is 0 Å². The van der Waals surface area contributed by atoms with E-state index < -0.39 is 0 Å². The SMILES string of the molecule is CN1CCC(C(=O)NC2CCCCC2CN)C1. The lowest BCUT2D eigenvalue weighted by Gasteiger charge is -2.32. The second kappa shape index (κ2) is 5.83. The van der Waals surface area contributed by atoms with Crippen LogP contribution in [0.15, 0.2) is 0 Å². The van der Waals surface area contributed by atoms with E-state index in [0.717, 1.165) is 25.9 Å². The van der Waals surface area contributed by atoms with Gasteiger partial charge in [0, 0.05) is 12.6 Å². The van der Waals surface area contributed by atoms with Crippen molar-refractivity contribution < 1.29 is 4.79 Å². The summed E-state index contributed by atoms with van der Waals surface area (Å²) in [4.78, 5) is 14.4. The first-order chi connectivity index (χ1) is 8.20. The highest BCUT2D eigenvalue weighted by Gasteiger charge is 2.30. The lowest BCUT2D eigenvalue weighted by molar-refractivity contribution is -0.125. The van der Waals surface area contributed by atoms with Crippen molar-refractivity contribution in [2.75, 3.05) is 26.7 Å². The second-order valence-electron chi connectivity index (χ2n) is 5.64. The first kappa shape index (κ1) is 12.8. The number of amides is 1. The third-order valence-electron chi connectivity index (χ3n) is 4.30. The number of nitrogens with two attached hydrogens (primary N) is 1. The summed E-state index contributed by atoms with van der Waals surface area (Å²) < 4.78 is 0. The average Bonchev–Trinajstić information content (AvgIpc) is 2.77. The van der Waals surface area contributed by atoms with Crippen molar-refractivity contribution in [1.82, 2.24) is 10.2 Å². The molecule has 2 fully saturated rings. The molecule has 2 rings (SSSR count). The quantitative estimate of drug-likeness (QED) is 0.757. The summed E-state index contributed by atoms with van der Waals surface area (Å²) in [5.41, 5.74) is 5.79. The molecule has 3 N–H and O–H groups in total. The number of nitrogens with one attached hydrogen (secondary N) is 1.